The third-order valence-corrected chi connectivity index (χ3v) is 14.0. The maximum Gasteiger partial charge on any atom is 0.0540 e. The van der Waals surface area contributed by atoms with Crippen molar-refractivity contribution in [3.8, 4) is 33.4 Å². The number of thiophene rings is 2. The highest BCUT2D eigenvalue weighted by atomic mass is 32.1. The molecule has 0 nitrogen and oxygen atoms in total. The van der Waals surface area contributed by atoms with Crippen molar-refractivity contribution in [2.24, 2.45) is 0 Å². The molecule has 0 saturated heterocycles. The normalized spacial score (nSPS) is 12.1. The van der Waals surface area contributed by atoms with E-state index < -0.39 is 0 Å². The first-order valence-electron chi connectivity index (χ1n) is 18.5. The van der Waals surface area contributed by atoms with Gasteiger partial charge in [-0.2, -0.15) is 0 Å². The quantitative estimate of drug-likeness (QED) is 0.160. The van der Waals surface area contributed by atoms with Gasteiger partial charge in [-0.15, -0.1) is 22.7 Å². The number of hydrogen-bond acceptors (Lipinski definition) is 2. The molecule has 0 aliphatic carbocycles. The van der Waals surface area contributed by atoms with Gasteiger partial charge in [0.05, 0.1) is 9.40 Å². The van der Waals surface area contributed by atoms with Crippen molar-refractivity contribution in [2.45, 2.75) is 0 Å². The lowest BCUT2D eigenvalue weighted by atomic mass is 9.83. The topological polar surface area (TPSA) is 0 Å². The van der Waals surface area contributed by atoms with Gasteiger partial charge >= 0.3 is 0 Å². The molecule has 0 spiro atoms. The lowest BCUT2D eigenvalue weighted by Crippen LogP contribution is -1.92. The van der Waals surface area contributed by atoms with E-state index in [1.165, 1.54) is 117 Å². The van der Waals surface area contributed by atoms with Crippen LogP contribution in [0.2, 0.25) is 0 Å². The van der Waals surface area contributed by atoms with Crippen molar-refractivity contribution < 1.29 is 0 Å². The maximum atomic E-state index is 2.52. The van der Waals surface area contributed by atoms with E-state index in [0.29, 0.717) is 0 Å². The van der Waals surface area contributed by atoms with Crippen LogP contribution >= 0.6 is 22.7 Å². The first-order valence-corrected chi connectivity index (χ1v) is 20.1. The van der Waals surface area contributed by atoms with E-state index in [4.69, 9.17) is 0 Å². The zero-order chi connectivity index (χ0) is 35.3. The van der Waals surface area contributed by atoms with E-state index in [9.17, 15) is 0 Å². The van der Waals surface area contributed by atoms with Gasteiger partial charge in [-0.3, -0.25) is 0 Å². The Morgan fingerprint density at radius 2 is 0.815 bits per heavy atom. The first-order chi connectivity index (χ1) is 26.8. The van der Waals surface area contributed by atoms with Gasteiger partial charge in [0.2, 0.25) is 0 Å². The zero-order valence-corrected chi connectivity index (χ0v) is 30.8. The SMILES string of the molecule is c1ccc(-c2c3ccccc3c(-c3ccc(-c4cc5c(sc6ccc7ccccc7c65)c5sc6ccccc6c45)c4ccccc34)c3ccccc23)cc1. The second kappa shape index (κ2) is 11.6. The molecule has 10 aromatic carbocycles. The number of hydrogen-bond donors (Lipinski definition) is 0. The number of benzene rings is 10. The van der Waals surface area contributed by atoms with E-state index in [0.717, 1.165) is 0 Å². The predicted octanol–water partition coefficient (Wildman–Crippen LogP) is 16.0. The van der Waals surface area contributed by atoms with E-state index in [2.05, 4.69) is 182 Å². The molecule has 2 heteroatoms. The van der Waals surface area contributed by atoms with Crippen LogP contribution in [0.5, 0.6) is 0 Å². The summed E-state index contributed by atoms with van der Waals surface area (Å²) >= 11 is 3.88. The van der Waals surface area contributed by atoms with Crippen LogP contribution in [0.4, 0.5) is 0 Å². The molecule has 12 aromatic rings. The van der Waals surface area contributed by atoms with Crippen LogP contribution in [0.1, 0.15) is 0 Å². The molecule has 2 aromatic heterocycles. The maximum absolute atomic E-state index is 2.52. The Balaban J connectivity index is 1.20. The third kappa shape index (κ3) is 4.24. The highest BCUT2D eigenvalue weighted by Crippen LogP contribution is 2.52. The minimum absolute atomic E-state index is 1.24. The molecule has 54 heavy (non-hydrogen) atoms. The summed E-state index contributed by atoms with van der Waals surface area (Å²) in [5.74, 6) is 0. The van der Waals surface area contributed by atoms with Gasteiger partial charge in [0.15, 0.2) is 0 Å². The molecule has 0 bridgehead atoms. The van der Waals surface area contributed by atoms with Gasteiger partial charge in [0.25, 0.3) is 0 Å². The Morgan fingerprint density at radius 3 is 1.54 bits per heavy atom. The summed E-state index contributed by atoms with van der Waals surface area (Å²) in [4.78, 5) is 0. The summed E-state index contributed by atoms with van der Waals surface area (Å²) in [6.45, 7) is 0. The van der Waals surface area contributed by atoms with Crippen molar-refractivity contribution >= 4 is 106 Å². The fourth-order valence-electron chi connectivity index (χ4n) is 9.19. The van der Waals surface area contributed by atoms with Crippen LogP contribution in [0.25, 0.3) is 117 Å². The summed E-state index contributed by atoms with van der Waals surface area (Å²) in [7, 11) is 0. The summed E-state index contributed by atoms with van der Waals surface area (Å²) in [6.07, 6.45) is 0. The largest absolute Gasteiger partial charge is 0.134 e. The smallest absolute Gasteiger partial charge is 0.0540 e. The van der Waals surface area contributed by atoms with Crippen LogP contribution in [-0.4, -0.2) is 0 Å². The molecule has 2 heterocycles. The number of fused-ring (bicyclic) bond motifs is 12. The molecule has 0 radical (unpaired) electrons. The minimum atomic E-state index is 1.24. The monoisotopic (exact) mass is 718 g/mol. The van der Waals surface area contributed by atoms with Crippen molar-refractivity contribution in [2.75, 3.05) is 0 Å². The van der Waals surface area contributed by atoms with Crippen LogP contribution in [0, 0.1) is 0 Å². The molecule has 0 aliphatic heterocycles. The average molecular weight is 719 g/mol. The fourth-order valence-corrected chi connectivity index (χ4v) is 11.8. The third-order valence-electron chi connectivity index (χ3n) is 11.5. The second-order valence-corrected chi connectivity index (χ2v) is 16.4. The second-order valence-electron chi connectivity index (χ2n) is 14.3. The van der Waals surface area contributed by atoms with Gasteiger partial charge in [-0.25, -0.2) is 0 Å². The summed E-state index contributed by atoms with van der Waals surface area (Å²) in [6, 6.07) is 67.7. The van der Waals surface area contributed by atoms with E-state index in [1.54, 1.807) is 0 Å². The van der Waals surface area contributed by atoms with Crippen LogP contribution in [-0.2, 0) is 0 Å². The molecule has 0 fully saturated rings. The Labute approximate surface area is 319 Å². The number of rotatable bonds is 3. The predicted molar refractivity (Wildman–Crippen MR) is 239 cm³/mol. The Kier molecular flexibility index (Phi) is 6.48. The first kappa shape index (κ1) is 30.2. The summed E-state index contributed by atoms with van der Waals surface area (Å²) in [5, 5.41) is 15.7. The van der Waals surface area contributed by atoms with E-state index in [1.807, 2.05) is 22.7 Å². The Morgan fingerprint density at radius 1 is 0.278 bits per heavy atom. The lowest BCUT2D eigenvalue weighted by molar-refractivity contribution is 1.66. The molecule has 12 rings (SSSR count). The zero-order valence-electron chi connectivity index (χ0n) is 29.1. The lowest BCUT2D eigenvalue weighted by Gasteiger charge is -2.20. The molecule has 0 saturated carbocycles. The summed E-state index contributed by atoms with van der Waals surface area (Å²) < 4.78 is 5.45. The molecular formula is C52H30S2. The molecule has 0 amide bonds. The molecule has 0 aliphatic rings. The molecular weight excluding hydrogens is 689 g/mol. The van der Waals surface area contributed by atoms with Gasteiger partial charge in [-0.05, 0) is 94.7 Å². The highest BCUT2D eigenvalue weighted by molar-refractivity contribution is 7.33. The van der Waals surface area contributed by atoms with Gasteiger partial charge in [0, 0.05) is 30.9 Å². The molecule has 0 atom stereocenters. The van der Waals surface area contributed by atoms with Gasteiger partial charge in [0.1, 0.15) is 0 Å². The van der Waals surface area contributed by atoms with Crippen LogP contribution in [0.15, 0.2) is 182 Å². The standard InChI is InChI=1S/C52H30S2/c1-2-15-32(16-3-1)47-37-20-8-10-22-39(37)48(40-23-11-9-21-38(40)47)41-28-27-36(34-18-6-7-19-35(34)41)43-30-44-49-33-17-5-4-14-31(33)26-29-46(49)54-51(44)52-50(43)42-24-12-13-25-45(42)53-52/h1-30H. The minimum Gasteiger partial charge on any atom is -0.134 e. The summed E-state index contributed by atoms with van der Waals surface area (Å²) in [5.41, 5.74) is 7.68. The fraction of sp³-hybridized carbons (Fsp3) is 0. The Bertz CT molecular complexity index is 3430. The van der Waals surface area contributed by atoms with Crippen LogP contribution < -0.4 is 0 Å². The van der Waals surface area contributed by atoms with Crippen molar-refractivity contribution in [1.82, 2.24) is 0 Å². The van der Waals surface area contributed by atoms with Crippen molar-refractivity contribution in [1.29, 1.82) is 0 Å². The van der Waals surface area contributed by atoms with Crippen molar-refractivity contribution in [3.63, 3.8) is 0 Å². The highest BCUT2D eigenvalue weighted by Gasteiger charge is 2.22. The van der Waals surface area contributed by atoms with Gasteiger partial charge in [-0.1, -0.05) is 164 Å². The van der Waals surface area contributed by atoms with Crippen molar-refractivity contribution in [3.05, 3.63) is 182 Å². The Hall–Kier alpha value is -6.32. The average Bonchev–Trinajstić information content (AvgIpc) is 3.82. The molecule has 250 valence electrons. The molecule has 0 unspecified atom stereocenters. The van der Waals surface area contributed by atoms with E-state index in [-0.39, 0.29) is 0 Å². The molecule has 0 N–H and O–H groups in total. The van der Waals surface area contributed by atoms with Gasteiger partial charge < -0.3 is 0 Å². The van der Waals surface area contributed by atoms with Crippen LogP contribution in [0.3, 0.4) is 0 Å². The van der Waals surface area contributed by atoms with E-state index >= 15 is 0 Å².